The monoisotopic (exact) mass is 460 g/mol. The first-order valence-corrected chi connectivity index (χ1v) is 11.7. The molecule has 2 fully saturated rings. The molecule has 0 aliphatic carbocycles. The van der Waals surface area contributed by atoms with Crippen molar-refractivity contribution in [2.45, 2.75) is 19.1 Å². The SMILES string of the molecule is Cc1ccccc1[C@@H]1[C@@H]2C(=O)N(c3cccc(-c4ccccc4)c3)C(=O)[C@H]2ON1c1ccccc1. The minimum atomic E-state index is -0.882. The third kappa shape index (κ3) is 3.52. The van der Waals surface area contributed by atoms with Crippen LogP contribution in [0.4, 0.5) is 11.4 Å². The Balaban J connectivity index is 1.41. The fourth-order valence-electron chi connectivity index (χ4n) is 5.16. The van der Waals surface area contributed by atoms with E-state index in [9.17, 15) is 9.59 Å². The van der Waals surface area contributed by atoms with Crippen molar-refractivity contribution in [2.75, 3.05) is 9.96 Å². The molecule has 2 heterocycles. The number of carbonyl (C=O) groups is 2. The molecule has 0 bridgehead atoms. The lowest BCUT2D eigenvalue weighted by atomic mass is 9.88. The number of aryl methyl sites for hydroxylation is 1. The summed E-state index contributed by atoms with van der Waals surface area (Å²) < 4.78 is 0. The second kappa shape index (κ2) is 8.53. The van der Waals surface area contributed by atoms with Crippen LogP contribution in [0.3, 0.4) is 0 Å². The first-order valence-electron chi connectivity index (χ1n) is 11.7. The van der Waals surface area contributed by atoms with Crippen LogP contribution in [0.5, 0.6) is 0 Å². The lowest BCUT2D eigenvalue weighted by Crippen LogP contribution is -2.37. The molecule has 2 aliphatic rings. The number of rotatable bonds is 4. The van der Waals surface area contributed by atoms with Crippen molar-refractivity contribution in [2.24, 2.45) is 5.92 Å². The number of nitrogens with zero attached hydrogens (tertiary/aromatic N) is 2. The molecular formula is C30H24N2O3. The predicted octanol–water partition coefficient (Wildman–Crippen LogP) is 5.71. The van der Waals surface area contributed by atoms with Crippen LogP contribution >= 0.6 is 0 Å². The second-order valence-corrected chi connectivity index (χ2v) is 8.94. The first kappa shape index (κ1) is 21.3. The summed E-state index contributed by atoms with van der Waals surface area (Å²) >= 11 is 0. The molecule has 35 heavy (non-hydrogen) atoms. The van der Waals surface area contributed by atoms with Crippen molar-refractivity contribution >= 4 is 23.2 Å². The average molecular weight is 461 g/mol. The third-order valence-corrected chi connectivity index (χ3v) is 6.84. The fraction of sp³-hybridized carbons (Fsp3) is 0.133. The molecule has 5 heteroatoms. The normalized spacial score (nSPS) is 21.5. The van der Waals surface area contributed by atoms with Gasteiger partial charge < -0.3 is 0 Å². The molecule has 2 aliphatic heterocycles. The summed E-state index contributed by atoms with van der Waals surface area (Å²) in [7, 11) is 0. The Bertz CT molecular complexity index is 1400. The summed E-state index contributed by atoms with van der Waals surface area (Å²) in [5.41, 5.74) is 5.38. The van der Waals surface area contributed by atoms with Gasteiger partial charge in [-0.25, -0.2) is 9.96 Å². The molecule has 172 valence electrons. The molecule has 4 aromatic rings. The Labute approximate surface area is 204 Å². The third-order valence-electron chi connectivity index (χ3n) is 6.84. The molecule has 0 N–H and O–H groups in total. The van der Waals surface area contributed by atoms with Gasteiger partial charge in [-0.1, -0.05) is 84.9 Å². The number of para-hydroxylation sites is 1. The Morgan fingerprint density at radius 3 is 2.03 bits per heavy atom. The molecule has 0 unspecified atom stereocenters. The van der Waals surface area contributed by atoms with Crippen LogP contribution in [0.25, 0.3) is 11.1 Å². The smallest absolute Gasteiger partial charge is 0.266 e. The number of amides is 2. The van der Waals surface area contributed by atoms with Crippen LogP contribution in [0.15, 0.2) is 109 Å². The molecule has 5 nitrogen and oxygen atoms in total. The summed E-state index contributed by atoms with van der Waals surface area (Å²) in [6.45, 7) is 2.02. The molecule has 2 saturated heterocycles. The number of hydroxylamine groups is 1. The van der Waals surface area contributed by atoms with Gasteiger partial charge in [-0.15, -0.1) is 0 Å². The second-order valence-electron chi connectivity index (χ2n) is 8.94. The van der Waals surface area contributed by atoms with Gasteiger partial charge in [-0.3, -0.25) is 14.4 Å². The topological polar surface area (TPSA) is 49.9 Å². The first-order chi connectivity index (χ1) is 17.1. The zero-order chi connectivity index (χ0) is 23.9. The number of hydrogen-bond donors (Lipinski definition) is 0. The molecule has 0 saturated carbocycles. The summed E-state index contributed by atoms with van der Waals surface area (Å²) in [4.78, 5) is 35.1. The molecule has 6 rings (SSSR count). The maximum Gasteiger partial charge on any atom is 0.266 e. The number of imide groups is 1. The van der Waals surface area contributed by atoms with E-state index in [1.54, 1.807) is 11.1 Å². The van der Waals surface area contributed by atoms with E-state index < -0.39 is 18.1 Å². The number of carbonyl (C=O) groups excluding carboxylic acids is 2. The number of hydrogen-bond acceptors (Lipinski definition) is 4. The minimum Gasteiger partial charge on any atom is -0.273 e. The maximum absolute atomic E-state index is 13.9. The van der Waals surface area contributed by atoms with Gasteiger partial charge in [-0.05, 0) is 53.4 Å². The van der Waals surface area contributed by atoms with Crippen molar-refractivity contribution in [3.63, 3.8) is 0 Å². The van der Waals surface area contributed by atoms with E-state index >= 15 is 0 Å². The van der Waals surface area contributed by atoms with E-state index in [0.29, 0.717) is 5.69 Å². The Kier molecular flexibility index (Phi) is 5.20. The highest BCUT2D eigenvalue weighted by Gasteiger charge is 2.60. The molecule has 0 aromatic heterocycles. The highest BCUT2D eigenvalue weighted by atomic mass is 16.7. The highest BCUT2D eigenvalue weighted by molar-refractivity contribution is 6.24. The quantitative estimate of drug-likeness (QED) is 0.366. The largest absolute Gasteiger partial charge is 0.273 e. The highest BCUT2D eigenvalue weighted by Crippen LogP contribution is 2.48. The van der Waals surface area contributed by atoms with Crippen molar-refractivity contribution in [1.82, 2.24) is 0 Å². The zero-order valence-corrected chi connectivity index (χ0v) is 19.2. The Morgan fingerprint density at radius 2 is 1.29 bits per heavy atom. The lowest BCUT2D eigenvalue weighted by molar-refractivity contribution is -0.126. The molecule has 0 radical (unpaired) electrons. The van der Waals surface area contributed by atoms with Gasteiger partial charge in [-0.2, -0.15) is 0 Å². The van der Waals surface area contributed by atoms with Gasteiger partial charge in [0.25, 0.3) is 5.91 Å². The van der Waals surface area contributed by atoms with Crippen molar-refractivity contribution in [3.05, 3.63) is 120 Å². The van der Waals surface area contributed by atoms with Crippen LogP contribution in [0.2, 0.25) is 0 Å². The van der Waals surface area contributed by atoms with E-state index in [2.05, 4.69) is 0 Å². The standard InChI is InChI=1S/C30H24N2O3/c1-20-11-8-9-18-25(20)27-26-28(35-32(27)23-15-6-3-7-16-23)30(34)31(29(26)33)24-17-10-14-22(19-24)21-12-4-2-5-13-21/h2-19,26-28H,1H3/t26-,27+,28-/m0/s1. The molecule has 0 spiro atoms. The van der Waals surface area contributed by atoms with E-state index in [-0.39, 0.29) is 11.8 Å². The van der Waals surface area contributed by atoms with Crippen molar-refractivity contribution in [1.29, 1.82) is 0 Å². The van der Waals surface area contributed by atoms with Crippen LogP contribution in [-0.4, -0.2) is 17.9 Å². The van der Waals surface area contributed by atoms with E-state index in [1.165, 1.54) is 4.90 Å². The zero-order valence-electron chi connectivity index (χ0n) is 19.2. The average Bonchev–Trinajstić information content (AvgIpc) is 3.41. The van der Waals surface area contributed by atoms with Gasteiger partial charge in [0.15, 0.2) is 6.10 Å². The Morgan fingerprint density at radius 1 is 0.657 bits per heavy atom. The Hall–Kier alpha value is -4.22. The minimum absolute atomic E-state index is 0.239. The van der Waals surface area contributed by atoms with Gasteiger partial charge in [0.1, 0.15) is 5.92 Å². The van der Waals surface area contributed by atoms with Gasteiger partial charge in [0.05, 0.1) is 17.4 Å². The van der Waals surface area contributed by atoms with Crippen LogP contribution < -0.4 is 9.96 Å². The van der Waals surface area contributed by atoms with Gasteiger partial charge >= 0.3 is 0 Å². The summed E-state index contributed by atoms with van der Waals surface area (Å²) in [5, 5.41) is 1.74. The van der Waals surface area contributed by atoms with E-state index in [4.69, 9.17) is 4.84 Å². The van der Waals surface area contributed by atoms with E-state index in [1.807, 2.05) is 110 Å². The van der Waals surface area contributed by atoms with Crippen LogP contribution in [0, 0.1) is 12.8 Å². The van der Waals surface area contributed by atoms with Crippen molar-refractivity contribution < 1.29 is 14.4 Å². The van der Waals surface area contributed by atoms with Crippen LogP contribution in [-0.2, 0) is 14.4 Å². The molecule has 3 atom stereocenters. The van der Waals surface area contributed by atoms with Crippen LogP contribution in [0.1, 0.15) is 17.2 Å². The fourth-order valence-corrected chi connectivity index (χ4v) is 5.16. The number of anilines is 2. The summed E-state index contributed by atoms with van der Waals surface area (Å²) in [6, 6.07) is 34.7. The lowest BCUT2D eigenvalue weighted by Gasteiger charge is -2.29. The van der Waals surface area contributed by atoms with Crippen molar-refractivity contribution in [3.8, 4) is 11.1 Å². The molecular weight excluding hydrogens is 436 g/mol. The predicted molar refractivity (Wildman–Crippen MR) is 136 cm³/mol. The molecule has 2 amide bonds. The molecule has 4 aromatic carbocycles. The van der Waals surface area contributed by atoms with Gasteiger partial charge in [0.2, 0.25) is 5.91 Å². The summed E-state index contributed by atoms with van der Waals surface area (Å²) in [5.74, 6) is -1.22. The maximum atomic E-state index is 13.9. The number of fused-ring (bicyclic) bond motifs is 1. The number of benzene rings is 4. The van der Waals surface area contributed by atoms with Gasteiger partial charge in [0, 0.05) is 0 Å². The van der Waals surface area contributed by atoms with E-state index in [0.717, 1.165) is 27.9 Å². The summed E-state index contributed by atoms with van der Waals surface area (Å²) in [6.07, 6.45) is -0.882.